The maximum Gasteiger partial charge on any atom is 0.226 e. The molecule has 5 aliphatic carbocycles. The van der Waals surface area contributed by atoms with E-state index in [0.29, 0.717) is 29.3 Å². The van der Waals surface area contributed by atoms with Crippen LogP contribution < -0.4 is 11.1 Å². The van der Waals surface area contributed by atoms with Gasteiger partial charge < -0.3 is 11.1 Å². The van der Waals surface area contributed by atoms with Gasteiger partial charge in [-0.3, -0.25) is 4.79 Å². The second kappa shape index (κ2) is 6.58. The minimum atomic E-state index is -0.148. The van der Waals surface area contributed by atoms with Gasteiger partial charge in [0.05, 0.1) is 5.41 Å². The summed E-state index contributed by atoms with van der Waals surface area (Å²) >= 11 is 0. The van der Waals surface area contributed by atoms with Crippen molar-refractivity contribution in [3.8, 4) is 0 Å². The van der Waals surface area contributed by atoms with E-state index in [-0.39, 0.29) is 10.8 Å². The van der Waals surface area contributed by atoms with E-state index in [1.807, 2.05) is 0 Å². The van der Waals surface area contributed by atoms with Crippen molar-refractivity contribution in [2.45, 2.75) is 95.1 Å². The van der Waals surface area contributed by atoms with Crippen molar-refractivity contribution in [1.82, 2.24) is 5.32 Å². The Morgan fingerprint density at radius 3 is 2.50 bits per heavy atom. The Bertz CT molecular complexity index is 740. The molecule has 4 bridgehead atoms. The zero-order chi connectivity index (χ0) is 19.4. The normalized spacial score (nSPS) is 44.4. The van der Waals surface area contributed by atoms with Gasteiger partial charge in [0.1, 0.15) is 0 Å². The number of carbonyl (C=O) groups excluding carboxylic acids is 1. The summed E-state index contributed by atoms with van der Waals surface area (Å²) in [5.41, 5.74) is 7.99. The van der Waals surface area contributed by atoms with Crippen LogP contribution >= 0.6 is 0 Å². The zero-order valence-electron chi connectivity index (χ0n) is 17.4. The van der Waals surface area contributed by atoms with Crippen LogP contribution in [0.5, 0.6) is 0 Å². The minimum Gasteiger partial charge on any atom is -0.353 e. The van der Waals surface area contributed by atoms with E-state index < -0.39 is 0 Å². The van der Waals surface area contributed by atoms with Gasteiger partial charge in [-0.1, -0.05) is 43.7 Å². The summed E-state index contributed by atoms with van der Waals surface area (Å²) in [6, 6.07) is 11.8. The monoisotopic (exact) mass is 380 g/mol. The third-order valence-electron chi connectivity index (χ3n) is 8.91. The largest absolute Gasteiger partial charge is 0.353 e. The summed E-state index contributed by atoms with van der Waals surface area (Å²) in [5, 5.41) is 3.51. The maximum absolute atomic E-state index is 13.7. The van der Waals surface area contributed by atoms with E-state index in [1.54, 1.807) is 0 Å². The molecular formula is C25H36N2O. The van der Waals surface area contributed by atoms with Gasteiger partial charge in [0.2, 0.25) is 5.91 Å². The third-order valence-corrected chi connectivity index (χ3v) is 8.91. The first kappa shape index (κ1) is 18.7. The molecule has 3 nitrogen and oxygen atoms in total. The van der Waals surface area contributed by atoms with E-state index in [1.165, 1.54) is 31.2 Å². The lowest BCUT2D eigenvalue weighted by Gasteiger charge is -2.66. The van der Waals surface area contributed by atoms with Crippen LogP contribution in [0.2, 0.25) is 0 Å². The zero-order valence-corrected chi connectivity index (χ0v) is 17.4. The van der Waals surface area contributed by atoms with Crippen molar-refractivity contribution >= 4 is 5.91 Å². The Labute approximate surface area is 169 Å². The number of hydrogen-bond acceptors (Lipinski definition) is 2. The van der Waals surface area contributed by atoms with Crippen LogP contribution in [-0.2, 0) is 10.2 Å². The van der Waals surface area contributed by atoms with Crippen molar-refractivity contribution in [3.63, 3.8) is 0 Å². The Kier molecular flexibility index (Phi) is 4.39. The summed E-state index contributed by atoms with van der Waals surface area (Å²) in [6.07, 6.45) is 12.6. The first-order valence-electron chi connectivity index (χ1n) is 11.6. The predicted molar refractivity (Wildman–Crippen MR) is 113 cm³/mol. The molecule has 1 aromatic rings. The molecule has 152 valence electrons. The van der Waals surface area contributed by atoms with E-state index in [0.717, 1.165) is 44.9 Å². The number of carbonyl (C=O) groups is 1. The summed E-state index contributed by atoms with van der Waals surface area (Å²) in [6.45, 7) is 2.36. The first-order valence-corrected chi connectivity index (χ1v) is 11.6. The van der Waals surface area contributed by atoms with Gasteiger partial charge in [-0.15, -0.1) is 0 Å². The van der Waals surface area contributed by atoms with Gasteiger partial charge in [-0.25, -0.2) is 0 Å². The van der Waals surface area contributed by atoms with Gasteiger partial charge >= 0.3 is 0 Å². The second-order valence-corrected chi connectivity index (χ2v) is 10.9. The van der Waals surface area contributed by atoms with Crippen LogP contribution in [0.15, 0.2) is 30.3 Å². The summed E-state index contributed by atoms with van der Waals surface area (Å²) < 4.78 is 0. The molecule has 4 unspecified atom stereocenters. The molecule has 0 saturated heterocycles. The summed E-state index contributed by atoms with van der Waals surface area (Å²) in [5.74, 6) is 1.08. The van der Waals surface area contributed by atoms with Crippen LogP contribution in [0, 0.1) is 16.7 Å². The molecule has 3 heteroatoms. The number of rotatable bonds is 4. The Hall–Kier alpha value is -1.35. The maximum atomic E-state index is 13.7. The average molecular weight is 381 g/mol. The fourth-order valence-corrected chi connectivity index (χ4v) is 8.00. The molecule has 0 spiro atoms. The Morgan fingerprint density at radius 2 is 1.79 bits per heavy atom. The SMILES string of the molecule is CCC12CC3CC(C(=O)N[C@H]4CC[C@H](N)CC4)(C1)CC(c1ccccc1)(C3)C2. The molecule has 6 rings (SSSR count). The van der Waals surface area contributed by atoms with Crippen molar-refractivity contribution in [1.29, 1.82) is 0 Å². The average Bonchev–Trinajstić information content (AvgIpc) is 2.69. The number of nitrogens with one attached hydrogen (secondary N) is 1. The van der Waals surface area contributed by atoms with Crippen molar-refractivity contribution in [2.75, 3.05) is 0 Å². The fourth-order valence-electron chi connectivity index (χ4n) is 8.00. The number of nitrogens with two attached hydrogens (primary N) is 1. The lowest BCUT2D eigenvalue weighted by Crippen LogP contribution is -2.63. The van der Waals surface area contributed by atoms with E-state index in [2.05, 4.69) is 42.6 Å². The Morgan fingerprint density at radius 1 is 1.04 bits per heavy atom. The molecule has 0 aromatic heterocycles. The van der Waals surface area contributed by atoms with E-state index >= 15 is 0 Å². The van der Waals surface area contributed by atoms with E-state index in [9.17, 15) is 4.79 Å². The highest BCUT2D eigenvalue weighted by atomic mass is 16.2. The number of benzene rings is 1. The van der Waals surface area contributed by atoms with Gasteiger partial charge in [0.25, 0.3) is 0 Å². The molecule has 5 aliphatic rings. The molecule has 1 aromatic carbocycles. The topological polar surface area (TPSA) is 55.1 Å². The highest BCUT2D eigenvalue weighted by Crippen LogP contribution is 2.71. The summed E-state index contributed by atoms with van der Waals surface area (Å²) in [7, 11) is 0. The molecule has 0 radical (unpaired) electrons. The summed E-state index contributed by atoms with van der Waals surface area (Å²) in [4.78, 5) is 13.7. The van der Waals surface area contributed by atoms with E-state index in [4.69, 9.17) is 5.73 Å². The lowest BCUT2D eigenvalue weighted by molar-refractivity contribution is -0.164. The molecular weight excluding hydrogens is 344 g/mol. The Balaban J connectivity index is 1.45. The molecule has 5 fully saturated rings. The second-order valence-electron chi connectivity index (χ2n) is 10.9. The highest BCUT2D eigenvalue weighted by molar-refractivity contribution is 5.84. The molecule has 1 amide bonds. The van der Waals surface area contributed by atoms with Crippen molar-refractivity contribution in [2.24, 2.45) is 22.5 Å². The smallest absolute Gasteiger partial charge is 0.226 e. The molecule has 28 heavy (non-hydrogen) atoms. The van der Waals surface area contributed by atoms with Crippen molar-refractivity contribution in [3.05, 3.63) is 35.9 Å². The molecule has 0 aliphatic heterocycles. The molecule has 3 N–H and O–H groups in total. The predicted octanol–water partition coefficient (Wildman–Crippen LogP) is 4.69. The van der Waals surface area contributed by atoms with Gasteiger partial charge in [0.15, 0.2) is 0 Å². The van der Waals surface area contributed by atoms with Crippen LogP contribution in [0.4, 0.5) is 0 Å². The lowest BCUT2D eigenvalue weighted by atomic mass is 9.38. The third kappa shape index (κ3) is 2.93. The number of amides is 1. The minimum absolute atomic E-state index is 0.148. The van der Waals surface area contributed by atoms with Gasteiger partial charge in [0, 0.05) is 12.1 Å². The van der Waals surface area contributed by atoms with Gasteiger partial charge in [-0.2, -0.15) is 0 Å². The van der Waals surface area contributed by atoms with Crippen LogP contribution in [0.1, 0.15) is 83.1 Å². The quantitative estimate of drug-likeness (QED) is 0.796. The first-order chi connectivity index (χ1) is 13.5. The van der Waals surface area contributed by atoms with Crippen LogP contribution in [0.25, 0.3) is 0 Å². The fraction of sp³-hybridized carbons (Fsp3) is 0.720. The van der Waals surface area contributed by atoms with Crippen molar-refractivity contribution < 1.29 is 4.79 Å². The molecule has 5 saturated carbocycles. The molecule has 0 heterocycles. The van der Waals surface area contributed by atoms with Gasteiger partial charge in [-0.05, 0) is 86.5 Å². The van der Waals surface area contributed by atoms with Crippen LogP contribution in [-0.4, -0.2) is 18.0 Å². The highest BCUT2D eigenvalue weighted by Gasteiger charge is 2.65. The molecule has 4 atom stereocenters. The van der Waals surface area contributed by atoms with Crippen LogP contribution in [0.3, 0.4) is 0 Å². The standard InChI is InChI=1S/C25H36N2O/c1-2-23-12-18-13-24(15-23,19-6-4-3-5-7-19)17-25(14-18,16-23)22(28)27-21-10-8-20(26)9-11-21/h3-7,18,20-21H,2,8-17,26H2,1H3,(H,27,28)/t18?,20-,21-,23?,24?,25?. The number of hydrogen-bond donors (Lipinski definition) is 2.